The molecule has 4 heteroatoms. The highest BCUT2D eigenvalue weighted by Crippen LogP contribution is 2.42. The van der Waals surface area contributed by atoms with Crippen LogP contribution >= 0.6 is 27.3 Å². The molecule has 6 aromatic carbocycles. The number of anilines is 3. The first kappa shape index (κ1) is 23.5. The standard InChI is InChI=1S/C36H23BrN2S/c37-24-15-18-30-31-19-16-28(23-36(31)40-35(30)21-24)38(25-9-3-1-4-10-25)27-17-20-34-32(22-27)29-13-7-8-14-33(29)39(34)26-11-5-2-6-12-26/h1-23H. The normalized spacial score (nSPS) is 11.6. The zero-order valence-electron chi connectivity index (χ0n) is 21.5. The summed E-state index contributed by atoms with van der Waals surface area (Å²) in [5.41, 5.74) is 7.01. The third-order valence-electron chi connectivity index (χ3n) is 7.62. The zero-order chi connectivity index (χ0) is 26.6. The van der Waals surface area contributed by atoms with Gasteiger partial charge in [-0.1, -0.05) is 82.7 Å². The van der Waals surface area contributed by atoms with Gasteiger partial charge in [-0.3, -0.25) is 0 Å². The topological polar surface area (TPSA) is 8.17 Å². The maximum atomic E-state index is 3.64. The van der Waals surface area contributed by atoms with Gasteiger partial charge in [0, 0.05) is 58.2 Å². The van der Waals surface area contributed by atoms with Gasteiger partial charge < -0.3 is 9.47 Å². The van der Waals surface area contributed by atoms with Crippen molar-refractivity contribution in [2.24, 2.45) is 0 Å². The number of benzene rings is 6. The molecule has 0 aliphatic carbocycles. The Bertz CT molecular complexity index is 2180. The molecular formula is C36H23BrN2S. The number of fused-ring (bicyclic) bond motifs is 6. The van der Waals surface area contributed by atoms with E-state index in [1.807, 2.05) is 11.3 Å². The molecule has 0 saturated heterocycles. The molecule has 0 aliphatic heterocycles. The Balaban J connectivity index is 1.36. The summed E-state index contributed by atoms with van der Waals surface area (Å²) in [6, 6.07) is 50.2. The molecule has 0 radical (unpaired) electrons. The van der Waals surface area contributed by atoms with E-state index in [4.69, 9.17) is 0 Å². The number of para-hydroxylation sites is 3. The molecule has 0 spiro atoms. The van der Waals surface area contributed by atoms with Crippen molar-refractivity contribution < 1.29 is 0 Å². The van der Waals surface area contributed by atoms with Crippen LogP contribution < -0.4 is 4.90 Å². The molecule has 0 amide bonds. The Morgan fingerprint density at radius 3 is 1.93 bits per heavy atom. The van der Waals surface area contributed by atoms with Crippen LogP contribution in [0.1, 0.15) is 0 Å². The summed E-state index contributed by atoms with van der Waals surface area (Å²) in [7, 11) is 0. The fraction of sp³-hybridized carbons (Fsp3) is 0. The first-order valence-electron chi connectivity index (χ1n) is 13.3. The SMILES string of the molecule is Brc1ccc2c(c1)sc1cc(N(c3ccccc3)c3ccc4c(c3)c3ccccc3n4-c3ccccc3)ccc12. The van der Waals surface area contributed by atoms with E-state index in [9.17, 15) is 0 Å². The van der Waals surface area contributed by atoms with Crippen LogP contribution in [0.25, 0.3) is 47.7 Å². The number of hydrogen-bond donors (Lipinski definition) is 0. The van der Waals surface area contributed by atoms with E-state index in [2.05, 4.69) is 165 Å². The van der Waals surface area contributed by atoms with Gasteiger partial charge in [0.15, 0.2) is 0 Å². The molecule has 2 nitrogen and oxygen atoms in total. The highest BCUT2D eigenvalue weighted by molar-refractivity contribution is 9.10. The van der Waals surface area contributed by atoms with Crippen LogP contribution in [0.3, 0.4) is 0 Å². The minimum atomic E-state index is 1.11. The van der Waals surface area contributed by atoms with Crippen LogP contribution in [0.4, 0.5) is 17.1 Å². The van der Waals surface area contributed by atoms with Gasteiger partial charge in [0.1, 0.15) is 0 Å². The summed E-state index contributed by atoms with van der Waals surface area (Å²) >= 11 is 5.48. The van der Waals surface area contributed by atoms with Crippen LogP contribution in [-0.2, 0) is 0 Å². The fourth-order valence-corrected chi connectivity index (χ4v) is 7.55. The van der Waals surface area contributed by atoms with Crippen molar-refractivity contribution in [2.75, 3.05) is 4.90 Å². The van der Waals surface area contributed by atoms with E-state index in [-0.39, 0.29) is 0 Å². The highest BCUT2D eigenvalue weighted by atomic mass is 79.9. The van der Waals surface area contributed by atoms with Gasteiger partial charge in [0.25, 0.3) is 0 Å². The third kappa shape index (κ3) is 3.75. The van der Waals surface area contributed by atoms with Crippen molar-refractivity contribution in [3.8, 4) is 5.69 Å². The summed E-state index contributed by atoms with van der Waals surface area (Å²) in [4.78, 5) is 2.37. The van der Waals surface area contributed by atoms with Gasteiger partial charge in [-0.05, 0) is 72.8 Å². The summed E-state index contributed by atoms with van der Waals surface area (Å²) < 4.78 is 6.06. The van der Waals surface area contributed by atoms with Crippen molar-refractivity contribution in [1.82, 2.24) is 4.57 Å². The van der Waals surface area contributed by atoms with Crippen LogP contribution in [0.5, 0.6) is 0 Å². The second-order valence-electron chi connectivity index (χ2n) is 9.98. The first-order valence-corrected chi connectivity index (χ1v) is 14.9. The van der Waals surface area contributed by atoms with Crippen LogP contribution in [0.15, 0.2) is 144 Å². The Hall–Kier alpha value is -4.38. The Kier molecular flexibility index (Phi) is 5.51. The van der Waals surface area contributed by atoms with Crippen LogP contribution in [0, 0.1) is 0 Å². The lowest BCUT2D eigenvalue weighted by Crippen LogP contribution is -2.09. The Morgan fingerprint density at radius 1 is 0.475 bits per heavy atom. The maximum Gasteiger partial charge on any atom is 0.0542 e. The van der Waals surface area contributed by atoms with Crippen molar-refractivity contribution in [1.29, 1.82) is 0 Å². The van der Waals surface area contributed by atoms with Crippen LogP contribution in [-0.4, -0.2) is 4.57 Å². The van der Waals surface area contributed by atoms with E-state index in [0.29, 0.717) is 0 Å². The largest absolute Gasteiger partial charge is 0.310 e. The second-order valence-corrected chi connectivity index (χ2v) is 12.0. The first-order chi connectivity index (χ1) is 19.7. The fourth-order valence-electron chi connectivity index (χ4n) is 5.86. The predicted octanol–water partition coefficient (Wildman–Crippen LogP) is 11.4. The van der Waals surface area contributed by atoms with E-state index in [1.54, 1.807) is 0 Å². The Labute approximate surface area is 244 Å². The molecule has 0 bridgehead atoms. The zero-order valence-corrected chi connectivity index (χ0v) is 23.9. The van der Waals surface area contributed by atoms with Crippen LogP contribution in [0.2, 0.25) is 0 Å². The molecule has 0 unspecified atom stereocenters. The average molecular weight is 596 g/mol. The van der Waals surface area contributed by atoms with Crippen molar-refractivity contribution >= 4 is 86.3 Å². The molecular weight excluding hydrogens is 572 g/mol. The van der Waals surface area contributed by atoms with E-state index >= 15 is 0 Å². The number of rotatable bonds is 4. The third-order valence-corrected chi connectivity index (χ3v) is 9.23. The Morgan fingerprint density at radius 2 is 1.10 bits per heavy atom. The molecule has 0 N–H and O–H groups in total. The van der Waals surface area contributed by atoms with Gasteiger partial charge in [-0.2, -0.15) is 0 Å². The van der Waals surface area contributed by atoms with Gasteiger partial charge >= 0.3 is 0 Å². The van der Waals surface area contributed by atoms with E-state index < -0.39 is 0 Å². The molecule has 8 rings (SSSR count). The average Bonchev–Trinajstić information content (AvgIpc) is 3.52. The molecule has 0 aliphatic rings. The highest BCUT2D eigenvalue weighted by Gasteiger charge is 2.18. The molecule has 2 heterocycles. The van der Waals surface area contributed by atoms with Gasteiger partial charge in [-0.25, -0.2) is 0 Å². The molecule has 0 atom stereocenters. The van der Waals surface area contributed by atoms with Crippen molar-refractivity contribution in [3.63, 3.8) is 0 Å². The van der Waals surface area contributed by atoms with Gasteiger partial charge in [0.05, 0.1) is 11.0 Å². The molecule has 0 fully saturated rings. The molecule has 190 valence electrons. The minimum Gasteiger partial charge on any atom is -0.310 e. The summed E-state index contributed by atoms with van der Waals surface area (Å²) in [6.07, 6.45) is 0. The monoisotopic (exact) mass is 594 g/mol. The lowest BCUT2D eigenvalue weighted by molar-refractivity contribution is 1.18. The number of hydrogen-bond acceptors (Lipinski definition) is 2. The summed E-state index contributed by atoms with van der Waals surface area (Å²) in [5.74, 6) is 0. The quantitative estimate of drug-likeness (QED) is 0.197. The lowest BCUT2D eigenvalue weighted by atomic mass is 10.1. The second kappa shape index (κ2) is 9.37. The number of nitrogens with zero attached hydrogens (tertiary/aromatic N) is 2. The lowest BCUT2D eigenvalue weighted by Gasteiger charge is -2.25. The number of aromatic nitrogens is 1. The number of halogens is 1. The molecule has 2 aromatic heterocycles. The minimum absolute atomic E-state index is 1.11. The molecule has 8 aromatic rings. The summed E-state index contributed by atoms with van der Waals surface area (Å²) in [6.45, 7) is 0. The predicted molar refractivity (Wildman–Crippen MR) is 176 cm³/mol. The summed E-state index contributed by atoms with van der Waals surface area (Å²) in [5, 5.41) is 5.09. The molecule has 40 heavy (non-hydrogen) atoms. The van der Waals surface area contributed by atoms with Crippen molar-refractivity contribution in [3.05, 3.63) is 144 Å². The van der Waals surface area contributed by atoms with E-state index in [1.165, 1.54) is 47.7 Å². The van der Waals surface area contributed by atoms with Gasteiger partial charge in [-0.15, -0.1) is 11.3 Å². The van der Waals surface area contributed by atoms with E-state index in [0.717, 1.165) is 21.5 Å². The van der Waals surface area contributed by atoms with Gasteiger partial charge in [0.2, 0.25) is 0 Å². The maximum absolute atomic E-state index is 3.64. The molecule has 0 saturated carbocycles. The van der Waals surface area contributed by atoms with Crippen molar-refractivity contribution in [2.45, 2.75) is 0 Å². The smallest absolute Gasteiger partial charge is 0.0542 e. The number of thiophene rings is 1.